The molecule has 0 aromatic carbocycles. The Morgan fingerprint density at radius 1 is 1.60 bits per heavy atom. The number of rotatable bonds is 0. The molecule has 0 spiro atoms. The maximum Gasteiger partial charge on any atom is 0.255 e. The van der Waals surface area contributed by atoms with Crippen molar-refractivity contribution in [1.82, 2.24) is 5.16 Å². The van der Waals surface area contributed by atoms with Gasteiger partial charge in [0.2, 0.25) is 0 Å². The van der Waals surface area contributed by atoms with Crippen molar-refractivity contribution in [3.05, 3.63) is 11.3 Å². The summed E-state index contributed by atoms with van der Waals surface area (Å²) in [6, 6.07) is 0. The van der Waals surface area contributed by atoms with Gasteiger partial charge in [-0.05, 0) is 5.16 Å². The predicted octanol–water partition coefficient (Wildman–Crippen LogP) is 0.355. The molecule has 0 amide bonds. The van der Waals surface area contributed by atoms with E-state index in [0.29, 0.717) is 12.3 Å². The summed E-state index contributed by atoms with van der Waals surface area (Å²) in [5.41, 5.74) is 0.773. The second-order valence-electron chi connectivity index (χ2n) is 2.13. The first-order chi connectivity index (χ1) is 4.88. The molecule has 2 heterocycles. The molecule has 0 saturated carbocycles. The fourth-order valence-electron chi connectivity index (χ4n) is 0.973. The van der Waals surface area contributed by atoms with Crippen LogP contribution in [0.1, 0.15) is 11.3 Å². The SMILES string of the molecule is Oc1noc2c1CCN=C2. The van der Waals surface area contributed by atoms with Crippen molar-refractivity contribution in [2.75, 3.05) is 6.54 Å². The second-order valence-corrected chi connectivity index (χ2v) is 2.13. The van der Waals surface area contributed by atoms with Crippen molar-refractivity contribution >= 4 is 6.21 Å². The Balaban J connectivity index is 2.57. The van der Waals surface area contributed by atoms with Crippen LogP contribution >= 0.6 is 0 Å². The number of hydrogen-bond donors (Lipinski definition) is 1. The largest absolute Gasteiger partial charge is 0.491 e. The van der Waals surface area contributed by atoms with Gasteiger partial charge >= 0.3 is 0 Å². The fraction of sp³-hybridized carbons (Fsp3) is 0.333. The molecule has 4 nitrogen and oxygen atoms in total. The zero-order valence-corrected chi connectivity index (χ0v) is 5.24. The van der Waals surface area contributed by atoms with Crippen molar-refractivity contribution in [2.24, 2.45) is 4.99 Å². The first-order valence-electron chi connectivity index (χ1n) is 3.05. The molecule has 2 rings (SSSR count). The Bertz CT molecular complexity index is 277. The smallest absolute Gasteiger partial charge is 0.255 e. The molecule has 1 aliphatic heterocycles. The first kappa shape index (κ1) is 5.46. The van der Waals surface area contributed by atoms with Gasteiger partial charge < -0.3 is 9.63 Å². The van der Waals surface area contributed by atoms with Gasteiger partial charge in [-0.2, -0.15) is 0 Å². The molecule has 0 bridgehead atoms. The van der Waals surface area contributed by atoms with Gasteiger partial charge in [-0.1, -0.05) is 0 Å². The van der Waals surface area contributed by atoms with Crippen molar-refractivity contribution in [2.45, 2.75) is 6.42 Å². The molecule has 0 aliphatic carbocycles. The zero-order chi connectivity index (χ0) is 6.97. The predicted molar refractivity (Wildman–Crippen MR) is 34.3 cm³/mol. The van der Waals surface area contributed by atoms with E-state index in [1.165, 1.54) is 0 Å². The quantitative estimate of drug-likeness (QED) is 0.563. The van der Waals surface area contributed by atoms with Crippen LogP contribution in [0.15, 0.2) is 9.52 Å². The number of nitrogens with zero attached hydrogens (tertiary/aromatic N) is 2. The summed E-state index contributed by atoms with van der Waals surface area (Å²) < 4.78 is 4.74. The van der Waals surface area contributed by atoms with E-state index < -0.39 is 0 Å². The minimum absolute atomic E-state index is 0.00106. The third-order valence-electron chi connectivity index (χ3n) is 1.50. The van der Waals surface area contributed by atoms with E-state index in [9.17, 15) is 0 Å². The lowest BCUT2D eigenvalue weighted by Gasteiger charge is -1.98. The van der Waals surface area contributed by atoms with Crippen LogP contribution in [0, 0.1) is 0 Å². The maximum absolute atomic E-state index is 9.03. The molecule has 1 aromatic rings. The van der Waals surface area contributed by atoms with Gasteiger partial charge in [-0.25, -0.2) is 0 Å². The summed E-state index contributed by atoms with van der Waals surface area (Å²) in [7, 11) is 0. The number of fused-ring (bicyclic) bond motifs is 1. The summed E-state index contributed by atoms with van der Waals surface area (Å²) in [4.78, 5) is 3.96. The maximum atomic E-state index is 9.03. The van der Waals surface area contributed by atoms with Gasteiger partial charge in [0, 0.05) is 13.0 Å². The van der Waals surface area contributed by atoms with Crippen molar-refractivity contribution in [3.63, 3.8) is 0 Å². The monoisotopic (exact) mass is 138 g/mol. The molecule has 1 aromatic heterocycles. The lowest BCUT2D eigenvalue weighted by Crippen LogP contribution is -1.98. The highest BCUT2D eigenvalue weighted by molar-refractivity contribution is 5.79. The van der Waals surface area contributed by atoms with E-state index in [4.69, 9.17) is 9.63 Å². The van der Waals surface area contributed by atoms with Gasteiger partial charge in [0.25, 0.3) is 5.88 Å². The van der Waals surface area contributed by atoms with Gasteiger partial charge in [0.15, 0.2) is 5.76 Å². The van der Waals surface area contributed by atoms with Crippen LogP contribution in [0.5, 0.6) is 5.88 Å². The summed E-state index contributed by atoms with van der Waals surface area (Å²) in [5.74, 6) is 0.588. The standard InChI is InChI=1S/C6H6N2O2/c9-6-4-1-2-7-3-5(4)10-8-6/h3H,1-2H2,(H,8,9). The molecule has 0 unspecified atom stereocenters. The second kappa shape index (κ2) is 1.83. The number of hydrogen-bond acceptors (Lipinski definition) is 4. The molecule has 4 heteroatoms. The molecule has 52 valence electrons. The van der Waals surface area contributed by atoms with E-state index >= 15 is 0 Å². The molecular weight excluding hydrogens is 132 g/mol. The topological polar surface area (TPSA) is 58.6 Å². The Morgan fingerprint density at radius 2 is 2.50 bits per heavy atom. The van der Waals surface area contributed by atoms with Gasteiger partial charge in [-0.15, -0.1) is 0 Å². The molecule has 0 atom stereocenters. The van der Waals surface area contributed by atoms with Crippen molar-refractivity contribution in [3.8, 4) is 5.88 Å². The highest BCUT2D eigenvalue weighted by Gasteiger charge is 2.15. The minimum atomic E-state index is 0.00106. The van der Waals surface area contributed by atoms with E-state index in [1.54, 1.807) is 6.21 Å². The molecule has 0 fully saturated rings. The molecule has 0 radical (unpaired) electrons. The summed E-state index contributed by atoms with van der Waals surface area (Å²) in [6.07, 6.45) is 2.31. The van der Waals surface area contributed by atoms with Gasteiger partial charge in [-0.3, -0.25) is 4.99 Å². The third-order valence-corrected chi connectivity index (χ3v) is 1.50. The van der Waals surface area contributed by atoms with E-state index in [-0.39, 0.29) is 5.88 Å². The molecule has 1 aliphatic rings. The summed E-state index contributed by atoms with van der Waals surface area (Å²) in [5, 5.41) is 12.4. The number of aliphatic imine (C=N–C) groups is 1. The fourth-order valence-corrected chi connectivity index (χ4v) is 0.973. The Labute approximate surface area is 57.2 Å². The van der Waals surface area contributed by atoms with E-state index in [1.807, 2.05) is 0 Å². The molecule has 10 heavy (non-hydrogen) atoms. The van der Waals surface area contributed by atoms with Gasteiger partial charge in [0.1, 0.15) is 0 Å². The molecular formula is C6H6N2O2. The summed E-state index contributed by atoms with van der Waals surface area (Å²) in [6.45, 7) is 0.710. The normalized spacial score (nSPS) is 15.2. The van der Waals surface area contributed by atoms with Crippen molar-refractivity contribution < 1.29 is 9.63 Å². The Hall–Kier alpha value is -1.32. The Kier molecular flexibility index (Phi) is 1.00. The van der Waals surface area contributed by atoms with E-state index in [0.717, 1.165) is 12.0 Å². The first-order valence-corrected chi connectivity index (χ1v) is 3.05. The van der Waals surface area contributed by atoms with Crippen LogP contribution in [0.2, 0.25) is 0 Å². The lowest BCUT2D eigenvalue weighted by atomic mass is 10.1. The van der Waals surface area contributed by atoms with Crippen LogP contribution in [0.3, 0.4) is 0 Å². The van der Waals surface area contributed by atoms with Crippen molar-refractivity contribution in [1.29, 1.82) is 0 Å². The average molecular weight is 138 g/mol. The third kappa shape index (κ3) is 0.618. The lowest BCUT2D eigenvalue weighted by molar-refractivity contribution is 0.357. The van der Waals surface area contributed by atoms with Crippen LogP contribution < -0.4 is 0 Å². The zero-order valence-electron chi connectivity index (χ0n) is 5.24. The highest BCUT2D eigenvalue weighted by Crippen LogP contribution is 2.21. The minimum Gasteiger partial charge on any atom is -0.491 e. The summed E-state index contributed by atoms with van der Waals surface area (Å²) >= 11 is 0. The highest BCUT2D eigenvalue weighted by atomic mass is 16.5. The average Bonchev–Trinajstić information content (AvgIpc) is 2.34. The Morgan fingerprint density at radius 3 is 3.30 bits per heavy atom. The van der Waals surface area contributed by atoms with Crippen LogP contribution in [0.25, 0.3) is 0 Å². The number of aromatic nitrogens is 1. The number of aromatic hydroxyl groups is 1. The van der Waals surface area contributed by atoms with Crippen LogP contribution in [0.4, 0.5) is 0 Å². The molecule has 0 saturated heterocycles. The molecule has 1 N–H and O–H groups in total. The van der Waals surface area contributed by atoms with E-state index in [2.05, 4.69) is 10.1 Å². The van der Waals surface area contributed by atoms with Gasteiger partial charge in [0.05, 0.1) is 11.8 Å². The van der Waals surface area contributed by atoms with Crippen LogP contribution in [-0.2, 0) is 6.42 Å². The van der Waals surface area contributed by atoms with Crippen LogP contribution in [-0.4, -0.2) is 23.0 Å².